The molecule has 0 saturated heterocycles. The molecule has 0 aliphatic carbocycles. The van der Waals surface area contributed by atoms with Crippen molar-refractivity contribution in [3.8, 4) is 0 Å². The summed E-state index contributed by atoms with van der Waals surface area (Å²) in [6.45, 7) is 3.62. The number of carboxylic acids is 1. The van der Waals surface area contributed by atoms with Crippen LogP contribution < -0.4 is 10.6 Å². The fraction of sp³-hybridized carbons (Fsp3) is 0.471. The molecule has 3 N–H and O–H groups in total. The number of aliphatic carboxylic acids is 1. The predicted molar refractivity (Wildman–Crippen MR) is 96.0 cm³/mol. The molecular weight excluding hydrogens is 347 g/mol. The van der Waals surface area contributed by atoms with Gasteiger partial charge in [-0.3, -0.25) is 14.4 Å². The lowest BCUT2D eigenvalue weighted by molar-refractivity contribution is -0.142. The minimum atomic E-state index is -0.930. The third-order valence-corrected chi connectivity index (χ3v) is 4.61. The van der Waals surface area contributed by atoms with Crippen molar-refractivity contribution in [2.24, 2.45) is 5.92 Å². The van der Waals surface area contributed by atoms with E-state index in [0.29, 0.717) is 12.1 Å². The topological polar surface area (TPSA) is 95.5 Å². The third-order valence-electron chi connectivity index (χ3n) is 3.47. The SMILES string of the molecule is CCCC(CNC(=O)C(C)SCC(=O)Nc1ccc(F)cc1)C(=O)O. The van der Waals surface area contributed by atoms with E-state index in [-0.39, 0.29) is 29.9 Å². The first-order valence-electron chi connectivity index (χ1n) is 8.01. The number of rotatable bonds is 10. The molecular formula is C17H23FN2O4S. The fourth-order valence-electron chi connectivity index (χ4n) is 2.04. The Morgan fingerprint density at radius 1 is 1.24 bits per heavy atom. The van der Waals surface area contributed by atoms with Gasteiger partial charge in [-0.2, -0.15) is 0 Å². The van der Waals surface area contributed by atoms with Crippen LogP contribution >= 0.6 is 11.8 Å². The molecule has 8 heteroatoms. The maximum Gasteiger partial charge on any atom is 0.308 e. The van der Waals surface area contributed by atoms with Crippen molar-refractivity contribution in [3.63, 3.8) is 0 Å². The van der Waals surface area contributed by atoms with Gasteiger partial charge < -0.3 is 15.7 Å². The van der Waals surface area contributed by atoms with E-state index in [2.05, 4.69) is 10.6 Å². The summed E-state index contributed by atoms with van der Waals surface area (Å²) in [5, 5.41) is 13.8. The van der Waals surface area contributed by atoms with E-state index in [1.165, 1.54) is 24.3 Å². The summed E-state index contributed by atoms with van der Waals surface area (Å²) < 4.78 is 12.8. The van der Waals surface area contributed by atoms with Crippen LogP contribution in [-0.2, 0) is 14.4 Å². The molecule has 2 unspecified atom stereocenters. The Morgan fingerprint density at radius 3 is 2.44 bits per heavy atom. The number of carboxylic acid groups (broad SMARTS) is 1. The Hall–Kier alpha value is -2.09. The van der Waals surface area contributed by atoms with Crippen LogP contribution in [0.1, 0.15) is 26.7 Å². The molecule has 6 nitrogen and oxygen atoms in total. The molecule has 1 aromatic carbocycles. The summed E-state index contributed by atoms with van der Waals surface area (Å²) in [5.74, 6) is -2.47. The van der Waals surface area contributed by atoms with Gasteiger partial charge in [0.05, 0.1) is 16.9 Å². The minimum absolute atomic E-state index is 0.0588. The number of hydrogen-bond acceptors (Lipinski definition) is 4. The van der Waals surface area contributed by atoms with E-state index >= 15 is 0 Å². The van der Waals surface area contributed by atoms with Gasteiger partial charge in [0.25, 0.3) is 0 Å². The van der Waals surface area contributed by atoms with Gasteiger partial charge in [0, 0.05) is 12.2 Å². The van der Waals surface area contributed by atoms with E-state index < -0.39 is 17.1 Å². The largest absolute Gasteiger partial charge is 0.481 e. The summed E-state index contributed by atoms with van der Waals surface area (Å²) >= 11 is 1.14. The maximum atomic E-state index is 12.8. The molecule has 0 radical (unpaired) electrons. The van der Waals surface area contributed by atoms with Crippen LogP contribution in [0.2, 0.25) is 0 Å². The van der Waals surface area contributed by atoms with Crippen molar-refractivity contribution < 1.29 is 23.9 Å². The van der Waals surface area contributed by atoms with Gasteiger partial charge in [0.1, 0.15) is 5.82 Å². The van der Waals surface area contributed by atoms with Crippen molar-refractivity contribution >= 4 is 35.2 Å². The number of anilines is 1. The van der Waals surface area contributed by atoms with Gasteiger partial charge in [-0.05, 0) is 37.6 Å². The highest BCUT2D eigenvalue weighted by Crippen LogP contribution is 2.13. The zero-order valence-corrected chi connectivity index (χ0v) is 15.1. The molecule has 25 heavy (non-hydrogen) atoms. The minimum Gasteiger partial charge on any atom is -0.481 e. The van der Waals surface area contributed by atoms with Crippen LogP contribution in [0.15, 0.2) is 24.3 Å². The van der Waals surface area contributed by atoms with Gasteiger partial charge in [0.2, 0.25) is 11.8 Å². The Labute approximate surface area is 150 Å². The van der Waals surface area contributed by atoms with Crippen LogP contribution in [0.25, 0.3) is 0 Å². The van der Waals surface area contributed by atoms with E-state index in [1.807, 2.05) is 6.92 Å². The second-order valence-corrected chi connectivity index (χ2v) is 6.91. The Balaban J connectivity index is 2.35. The molecule has 0 heterocycles. The number of amides is 2. The van der Waals surface area contributed by atoms with Crippen molar-refractivity contribution in [2.75, 3.05) is 17.6 Å². The monoisotopic (exact) mass is 370 g/mol. The van der Waals surface area contributed by atoms with Gasteiger partial charge in [-0.1, -0.05) is 13.3 Å². The molecule has 138 valence electrons. The van der Waals surface area contributed by atoms with Gasteiger partial charge in [0.15, 0.2) is 0 Å². The zero-order chi connectivity index (χ0) is 18.8. The highest BCUT2D eigenvalue weighted by atomic mass is 32.2. The van der Waals surface area contributed by atoms with E-state index in [9.17, 15) is 18.8 Å². The summed E-state index contributed by atoms with van der Waals surface area (Å²) in [6, 6.07) is 5.39. The maximum absolute atomic E-state index is 12.8. The van der Waals surface area contributed by atoms with Gasteiger partial charge in [-0.15, -0.1) is 11.8 Å². The molecule has 0 aliphatic rings. The molecule has 1 rings (SSSR count). The van der Waals surface area contributed by atoms with Crippen molar-refractivity contribution in [1.29, 1.82) is 0 Å². The van der Waals surface area contributed by atoms with Crippen LogP contribution in [0.5, 0.6) is 0 Å². The lowest BCUT2D eigenvalue weighted by atomic mass is 10.0. The first kappa shape index (κ1) is 21.0. The summed E-state index contributed by atoms with van der Waals surface area (Å²) in [6.07, 6.45) is 1.22. The van der Waals surface area contributed by atoms with Gasteiger partial charge in [-0.25, -0.2) is 4.39 Å². The average molecular weight is 370 g/mol. The zero-order valence-electron chi connectivity index (χ0n) is 14.3. The Kier molecular flexibility index (Phi) is 8.98. The van der Waals surface area contributed by atoms with Crippen LogP contribution in [0.3, 0.4) is 0 Å². The van der Waals surface area contributed by atoms with E-state index in [0.717, 1.165) is 18.2 Å². The van der Waals surface area contributed by atoms with E-state index in [4.69, 9.17) is 5.11 Å². The number of nitrogens with one attached hydrogen (secondary N) is 2. The molecule has 0 bridgehead atoms. The molecule has 0 aliphatic heterocycles. The average Bonchev–Trinajstić information content (AvgIpc) is 2.57. The number of hydrogen-bond donors (Lipinski definition) is 3. The predicted octanol–water partition coefficient (Wildman–Crippen LogP) is 2.50. The molecule has 0 spiro atoms. The fourth-order valence-corrected chi connectivity index (χ4v) is 2.74. The van der Waals surface area contributed by atoms with Crippen LogP contribution in [0, 0.1) is 11.7 Å². The standard InChI is InChI=1S/C17H23FN2O4S/c1-3-4-12(17(23)24)9-19-16(22)11(2)25-10-15(21)20-14-7-5-13(18)6-8-14/h5-8,11-12H,3-4,9-10H2,1-2H3,(H,19,22)(H,20,21)(H,23,24). The number of carbonyl (C=O) groups excluding carboxylic acids is 2. The lowest BCUT2D eigenvalue weighted by Crippen LogP contribution is -2.37. The normalized spacial score (nSPS) is 12.9. The third kappa shape index (κ3) is 8.02. The number of carbonyl (C=O) groups is 3. The second kappa shape index (κ2) is 10.7. The quantitative estimate of drug-likeness (QED) is 0.588. The Morgan fingerprint density at radius 2 is 1.88 bits per heavy atom. The first-order valence-corrected chi connectivity index (χ1v) is 9.05. The molecule has 2 atom stereocenters. The first-order chi connectivity index (χ1) is 11.8. The van der Waals surface area contributed by atoms with Crippen LogP contribution in [-0.4, -0.2) is 40.4 Å². The van der Waals surface area contributed by atoms with Crippen LogP contribution in [0.4, 0.5) is 10.1 Å². The van der Waals surface area contributed by atoms with E-state index in [1.54, 1.807) is 6.92 Å². The molecule has 0 saturated carbocycles. The summed E-state index contributed by atoms with van der Waals surface area (Å²) in [7, 11) is 0. The van der Waals surface area contributed by atoms with Crippen molar-refractivity contribution in [3.05, 3.63) is 30.1 Å². The molecule has 2 amide bonds. The van der Waals surface area contributed by atoms with Crippen molar-refractivity contribution in [2.45, 2.75) is 31.9 Å². The Bertz CT molecular complexity index is 595. The molecule has 1 aromatic rings. The summed E-state index contributed by atoms with van der Waals surface area (Å²) in [4.78, 5) is 34.9. The van der Waals surface area contributed by atoms with Gasteiger partial charge >= 0.3 is 5.97 Å². The summed E-state index contributed by atoms with van der Waals surface area (Å²) in [5.41, 5.74) is 0.480. The van der Waals surface area contributed by atoms with Crippen molar-refractivity contribution in [1.82, 2.24) is 5.32 Å². The smallest absolute Gasteiger partial charge is 0.308 e. The lowest BCUT2D eigenvalue weighted by Gasteiger charge is -2.15. The number of thioether (sulfide) groups is 1. The second-order valence-electron chi connectivity index (χ2n) is 5.58. The molecule has 0 fully saturated rings. The highest BCUT2D eigenvalue weighted by molar-refractivity contribution is 8.01. The number of halogens is 1. The number of benzene rings is 1. The molecule has 0 aromatic heterocycles. The highest BCUT2D eigenvalue weighted by Gasteiger charge is 2.20.